The lowest BCUT2D eigenvalue weighted by Gasteiger charge is -2.10. The van der Waals surface area contributed by atoms with E-state index in [2.05, 4.69) is 4.98 Å². The fourth-order valence-electron chi connectivity index (χ4n) is 2.28. The molecule has 5 heteroatoms. The second kappa shape index (κ2) is 6.15. The standard InChI is InChI=1S/C17H13FN2OS/c18-14-8-4-7-12-15(14)13(9-19)16(21)20-17(12)22-10-11-5-2-1-3-6-11/h1-9,19H,10H2,(H,20,21). The van der Waals surface area contributed by atoms with Gasteiger partial charge < -0.3 is 10.5 Å². The van der Waals surface area contributed by atoms with Crippen molar-refractivity contribution in [2.24, 2.45) is 0 Å². The molecule has 0 saturated carbocycles. The van der Waals surface area contributed by atoms with E-state index in [1.165, 1.54) is 17.8 Å². The molecule has 2 aromatic carbocycles. The number of rotatable bonds is 4. The van der Waals surface area contributed by atoms with Gasteiger partial charge in [0.2, 0.25) is 5.88 Å². The SMILES string of the molecule is N=Cc1c(O)nc(SCc2ccccc2)c2cccc(F)c12. The van der Waals surface area contributed by atoms with Gasteiger partial charge in [0, 0.05) is 22.7 Å². The highest BCUT2D eigenvalue weighted by molar-refractivity contribution is 7.98. The van der Waals surface area contributed by atoms with E-state index in [1.54, 1.807) is 12.1 Å². The molecule has 0 unspecified atom stereocenters. The van der Waals surface area contributed by atoms with Gasteiger partial charge in [-0.1, -0.05) is 42.5 Å². The van der Waals surface area contributed by atoms with Crippen molar-refractivity contribution >= 4 is 28.7 Å². The van der Waals surface area contributed by atoms with E-state index in [0.29, 0.717) is 16.2 Å². The molecule has 1 heterocycles. The van der Waals surface area contributed by atoms with Crippen LogP contribution in [0.2, 0.25) is 0 Å². The molecule has 3 nitrogen and oxygen atoms in total. The Kier molecular flexibility index (Phi) is 4.06. The van der Waals surface area contributed by atoms with Crippen LogP contribution in [0.1, 0.15) is 11.1 Å². The molecule has 0 aliphatic rings. The highest BCUT2D eigenvalue weighted by Gasteiger charge is 2.15. The number of nitrogens with zero attached hydrogens (tertiary/aromatic N) is 1. The Bertz CT molecular complexity index is 837. The first kappa shape index (κ1) is 14.5. The van der Waals surface area contributed by atoms with E-state index in [0.717, 1.165) is 11.8 Å². The molecule has 0 radical (unpaired) electrons. The minimum Gasteiger partial charge on any atom is -0.493 e. The van der Waals surface area contributed by atoms with Crippen molar-refractivity contribution < 1.29 is 9.50 Å². The first-order valence-corrected chi connectivity index (χ1v) is 7.67. The van der Waals surface area contributed by atoms with Gasteiger partial charge in [-0.05, 0) is 11.6 Å². The number of aromatic nitrogens is 1. The number of halogens is 1. The summed E-state index contributed by atoms with van der Waals surface area (Å²) in [5, 5.41) is 18.7. The van der Waals surface area contributed by atoms with Crippen LogP contribution in [0.15, 0.2) is 53.6 Å². The Balaban J connectivity index is 2.07. The number of thioether (sulfide) groups is 1. The van der Waals surface area contributed by atoms with Crippen molar-refractivity contribution in [3.8, 4) is 5.88 Å². The van der Waals surface area contributed by atoms with Crippen LogP contribution in [0.25, 0.3) is 10.8 Å². The summed E-state index contributed by atoms with van der Waals surface area (Å²) in [4.78, 5) is 4.13. The van der Waals surface area contributed by atoms with Crippen LogP contribution in [0.4, 0.5) is 4.39 Å². The van der Waals surface area contributed by atoms with Crippen LogP contribution in [0.5, 0.6) is 5.88 Å². The molecule has 1 aromatic heterocycles. The van der Waals surface area contributed by atoms with Crippen molar-refractivity contribution in [3.63, 3.8) is 0 Å². The maximum absolute atomic E-state index is 14.1. The molecule has 3 aromatic rings. The van der Waals surface area contributed by atoms with Crippen molar-refractivity contribution in [2.45, 2.75) is 10.8 Å². The predicted molar refractivity (Wildman–Crippen MR) is 87.3 cm³/mol. The smallest absolute Gasteiger partial charge is 0.221 e. The zero-order valence-corrected chi connectivity index (χ0v) is 12.4. The zero-order chi connectivity index (χ0) is 15.5. The fraction of sp³-hybridized carbons (Fsp3) is 0.0588. The molecule has 2 N–H and O–H groups in total. The molecule has 0 amide bonds. The third-order valence-electron chi connectivity index (χ3n) is 3.32. The third-order valence-corrected chi connectivity index (χ3v) is 4.39. The van der Waals surface area contributed by atoms with E-state index in [-0.39, 0.29) is 16.8 Å². The number of nitrogens with one attached hydrogen (secondary N) is 1. The van der Waals surface area contributed by atoms with Crippen molar-refractivity contribution in [3.05, 3.63) is 65.5 Å². The number of aromatic hydroxyl groups is 1. The van der Waals surface area contributed by atoms with Crippen molar-refractivity contribution in [1.29, 1.82) is 5.41 Å². The summed E-state index contributed by atoms with van der Waals surface area (Å²) in [6.45, 7) is 0. The molecule has 0 spiro atoms. The molecule has 22 heavy (non-hydrogen) atoms. The summed E-state index contributed by atoms with van der Waals surface area (Å²) in [7, 11) is 0. The van der Waals surface area contributed by atoms with Crippen molar-refractivity contribution in [1.82, 2.24) is 4.98 Å². The van der Waals surface area contributed by atoms with Gasteiger partial charge in [0.15, 0.2) is 0 Å². The summed E-state index contributed by atoms with van der Waals surface area (Å²) in [6, 6.07) is 14.5. The molecule has 0 aliphatic heterocycles. The van der Waals surface area contributed by atoms with Gasteiger partial charge >= 0.3 is 0 Å². The van der Waals surface area contributed by atoms with Gasteiger partial charge in [-0.2, -0.15) is 0 Å². The second-order valence-corrected chi connectivity index (χ2v) is 5.70. The van der Waals surface area contributed by atoms with E-state index in [1.807, 2.05) is 30.3 Å². The molecule has 0 aliphatic carbocycles. The van der Waals surface area contributed by atoms with Crippen LogP contribution in [-0.2, 0) is 5.75 Å². The summed E-state index contributed by atoms with van der Waals surface area (Å²) in [6.07, 6.45) is 0.930. The van der Waals surface area contributed by atoms with Crippen LogP contribution in [-0.4, -0.2) is 16.3 Å². The average Bonchev–Trinajstić information content (AvgIpc) is 2.54. The normalized spacial score (nSPS) is 10.8. The second-order valence-electron chi connectivity index (χ2n) is 4.74. The van der Waals surface area contributed by atoms with Gasteiger partial charge in [-0.3, -0.25) is 0 Å². The van der Waals surface area contributed by atoms with E-state index < -0.39 is 5.82 Å². The minimum atomic E-state index is -0.463. The van der Waals surface area contributed by atoms with Crippen LogP contribution >= 0.6 is 11.8 Å². The Morgan fingerprint density at radius 3 is 2.64 bits per heavy atom. The fourth-order valence-corrected chi connectivity index (χ4v) is 3.25. The first-order chi connectivity index (χ1) is 10.7. The van der Waals surface area contributed by atoms with E-state index >= 15 is 0 Å². The molecule has 3 rings (SSSR count). The van der Waals surface area contributed by atoms with Gasteiger partial charge in [-0.15, -0.1) is 11.8 Å². The van der Waals surface area contributed by atoms with Crippen LogP contribution in [0.3, 0.4) is 0 Å². The average molecular weight is 312 g/mol. The largest absolute Gasteiger partial charge is 0.493 e. The number of pyridine rings is 1. The molecule has 110 valence electrons. The minimum absolute atomic E-state index is 0.108. The quantitative estimate of drug-likeness (QED) is 0.555. The number of benzene rings is 2. The summed E-state index contributed by atoms with van der Waals surface area (Å²) in [5.74, 6) is -0.110. The van der Waals surface area contributed by atoms with Gasteiger partial charge in [0.05, 0.1) is 5.56 Å². The number of hydrogen-bond donors (Lipinski definition) is 2. The highest BCUT2D eigenvalue weighted by atomic mass is 32.2. The Labute approximate surface area is 131 Å². The van der Waals surface area contributed by atoms with E-state index in [9.17, 15) is 9.50 Å². The Hall–Kier alpha value is -2.40. The van der Waals surface area contributed by atoms with Crippen LogP contribution < -0.4 is 0 Å². The lowest BCUT2D eigenvalue weighted by molar-refractivity contribution is 0.449. The monoisotopic (exact) mass is 312 g/mol. The van der Waals surface area contributed by atoms with Gasteiger partial charge in [0.1, 0.15) is 10.8 Å². The topological polar surface area (TPSA) is 57.0 Å². The zero-order valence-electron chi connectivity index (χ0n) is 11.6. The van der Waals surface area contributed by atoms with Crippen LogP contribution in [0, 0.1) is 11.2 Å². The molecule has 0 fully saturated rings. The van der Waals surface area contributed by atoms with Crippen molar-refractivity contribution in [2.75, 3.05) is 0 Å². The molecular formula is C17H13FN2OS. The summed E-state index contributed by atoms with van der Waals surface area (Å²) >= 11 is 1.43. The lowest BCUT2D eigenvalue weighted by Crippen LogP contribution is -1.95. The molecule has 0 atom stereocenters. The van der Waals surface area contributed by atoms with E-state index in [4.69, 9.17) is 5.41 Å². The maximum Gasteiger partial charge on any atom is 0.221 e. The molecular weight excluding hydrogens is 299 g/mol. The van der Waals surface area contributed by atoms with Gasteiger partial charge in [-0.25, -0.2) is 9.37 Å². The Morgan fingerprint density at radius 2 is 1.91 bits per heavy atom. The summed E-state index contributed by atoms with van der Waals surface area (Å²) < 4.78 is 14.1. The lowest BCUT2D eigenvalue weighted by atomic mass is 10.1. The highest BCUT2D eigenvalue weighted by Crippen LogP contribution is 2.34. The van der Waals surface area contributed by atoms with Gasteiger partial charge in [0.25, 0.3) is 0 Å². The first-order valence-electron chi connectivity index (χ1n) is 6.69. The number of hydrogen-bond acceptors (Lipinski definition) is 4. The molecule has 0 bridgehead atoms. The molecule has 0 saturated heterocycles. The maximum atomic E-state index is 14.1. The third kappa shape index (κ3) is 2.67. The summed E-state index contributed by atoms with van der Waals surface area (Å²) in [5.41, 5.74) is 1.23. The predicted octanol–water partition coefficient (Wildman–Crippen LogP) is 4.37. The number of fused-ring (bicyclic) bond motifs is 1. The Morgan fingerprint density at radius 1 is 1.14 bits per heavy atom.